The predicted octanol–water partition coefficient (Wildman–Crippen LogP) is 2.03. The zero-order chi connectivity index (χ0) is 7.28. The van der Waals surface area contributed by atoms with Crippen LogP contribution in [0.4, 0.5) is 0 Å². The number of aliphatic imine (C=N–C) groups is 2. The fourth-order valence-electron chi connectivity index (χ4n) is 0.401. The number of rotatable bonds is 2. The molecule has 0 aliphatic heterocycles. The van der Waals surface area contributed by atoms with E-state index in [0.29, 0.717) is 0 Å². The molecule has 0 atom stereocenters. The van der Waals surface area contributed by atoms with Crippen LogP contribution < -0.4 is 0 Å². The second kappa shape index (κ2) is 4.01. The monoisotopic (exact) mass is 124 g/mol. The number of hydrogen-bond donors (Lipinski definition) is 0. The molecule has 0 radical (unpaired) electrons. The second-order valence-electron chi connectivity index (χ2n) is 1.72. The van der Waals surface area contributed by atoms with Gasteiger partial charge in [-0.1, -0.05) is 0 Å². The van der Waals surface area contributed by atoms with Gasteiger partial charge in [-0.3, -0.25) is 9.98 Å². The lowest BCUT2D eigenvalue weighted by Gasteiger charge is -1.92. The molecule has 0 N–H and O–H groups in total. The maximum absolute atomic E-state index is 4.02. The normalized spacial score (nSPS) is 13.7. The van der Waals surface area contributed by atoms with E-state index >= 15 is 0 Å². The van der Waals surface area contributed by atoms with E-state index in [2.05, 4.69) is 16.7 Å². The summed E-state index contributed by atoms with van der Waals surface area (Å²) >= 11 is 0. The maximum atomic E-state index is 4.02. The van der Waals surface area contributed by atoms with Crippen LogP contribution >= 0.6 is 0 Å². The minimum atomic E-state index is 0.883. The molecule has 9 heavy (non-hydrogen) atoms. The topological polar surface area (TPSA) is 24.7 Å². The minimum absolute atomic E-state index is 0.883. The van der Waals surface area contributed by atoms with Crippen LogP contribution in [0.2, 0.25) is 0 Å². The van der Waals surface area contributed by atoms with Gasteiger partial charge in [0.1, 0.15) is 0 Å². The van der Waals surface area contributed by atoms with Crippen molar-refractivity contribution in [2.24, 2.45) is 9.98 Å². The molecule has 50 valence electrons. The van der Waals surface area contributed by atoms with Gasteiger partial charge in [-0.2, -0.15) is 0 Å². The van der Waals surface area contributed by atoms with E-state index in [1.807, 2.05) is 20.8 Å². The van der Waals surface area contributed by atoms with Gasteiger partial charge in [-0.25, -0.2) is 0 Å². The van der Waals surface area contributed by atoms with Gasteiger partial charge < -0.3 is 0 Å². The smallest absolute Gasteiger partial charge is 0.0579 e. The van der Waals surface area contributed by atoms with Gasteiger partial charge in [0.15, 0.2) is 0 Å². The lowest BCUT2D eigenvalue weighted by atomic mass is 10.4. The predicted molar refractivity (Wildman–Crippen MR) is 42.1 cm³/mol. The summed E-state index contributed by atoms with van der Waals surface area (Å²) in [5.74, 6) is 0. The molecule has 0 unspecified atom stereocenters. The molecule has 0 aromatic rings. The first-order valence-corrected chi connectivity index (χ1v) is 2.85. The molecule has 0 aliphatic rings. The third-order valence-corrected chi connectivity index (χ3v) is 1.08. The first-order valence-electron chi connectivity index (χ1n) is 2.85. The van der Waals surface area contributed by atoms with Crippen molar-refractivity contribution in [2.45, 2.75) is 20.8 Å². The summed E-state index contributed by atoms with van der Waals surface area (Å²) in [6.07, 6.45) is 1.74. The second-order valence-corrected chi connectivity index (χ2v) is 1.72. The van der Waals surface area contributed by atoms with Gasteiger partial charge >= 0.3 is 0 Å². The van der Waals surface area contributed by atoms with E-state index < -0.39 is 0 Å². The molecule has 0 saturated carbocycles. The van der Waals surface area contributed by atoms with Crippen molar-refractivity contribution in [1.29, 1.82) is 0 Å². The van der Waals surface area contributed by atoms with Crippen molar-refractivity contribution in [3.63, 3.8) is 0 Å². The molecule has 0 spiro atoms. The SMILES string of the molecule is C=N/C(C)=C(C)\N=C/C. The molecule has 2 nitrogen and oxygen atoms in total. The standard InChI is InChI=1S/C7H12N2/c1-5-9-7(3)6(2)8-4/h5H,4H2,1-3H3/b7-6-,9-5-. The number of nitrogens with zero attached hydrogens (tertiary/aromatic N) is 2. The van der Waals surface area contributed by atoms with Crippen LogP contribution in [0, 0.1) is 0 Å². The molecule has 2 heteroatoms. The molecule has 0 heterocycles. The van der Waals surface area contributed by atoms with E-state index in [9.17, 15) is 0 Å². The van der Waals surface area contributed by atoms with Gasteiger partial charge in [-0.15, -0.1) is 0 Å². The van der Waals surface area contributed by atoms with Crippen LogP contribution in [0.15, 0.2) is 21.4 Å². The van der Waals surface area contributed by atoms with Crippen molar-refractivity contribution < 1.29 is 0 Å². The highest BCUT2D eigenvalue weighted by Crippen LogP contribution is 2.03. The molecule has 0 aromatic carbocycles. The van der Waals surface area contributed by atoms with E-state index in [4.69, 9.17) is 0 Å². The summed E-state index contributed by atoms with van der Waals surface area (Å²) in [5.41, 5.74) is 1.81. The largest absolute Gasteiger partial charge is 0.267 e. The first kappa shape index (κ1) is 8.08. The molecule has 0 rings (SSSR count). The Balaban J connectivity index is 4.27. The first-order chi connectivity index (χ1) is 4.22. The molecule has 0 saturated heterocycles. The van der Waals surface area contributed by atoms with E-state index in [0.717, 1.165) is 11.4 Å². The van der Waals surface area contributed by atoms with Gasteiger partial charge in [0.2, 0.25) is 0 Å². The number of hydrogen-bond acceptors (Lipinski definition) is 2. The van der Waals surface area contributed by atoms with E-state index in [-0.39, 0.29) is 0 Å². The van der Waals surface area contributed by atoms with Crippen LogP contribution in [-0.4, -0.2) is 12.9 Å². The van der Waals surface area contributed by atoms with Crippen molar-refractivity contribution in [3.05, 3.63) is 11.4 Å². The van der Waals surface area contributed by atoms with Gasteiger partial charge in [-0.05, 0) is 27.5 Å². The van der Waals surface area contributed by atoms with Gasteiger partial charge in [0.25, 0.3) is 0 Å². The quantitative estimate of drug-likeness (QED) is 0.503. The molecule has 0 aromatic heterocycles. The Morgan fingerprint density at radius 3 is 2.22 bits per heavy atom. The molecule has 0 amide bonds. The van der Waals surface area contributed by atoms with Gasteiger partial charge in [0.05, 0.1) is 11.4 Å². The van der Waals surface area contributed by atoms with Crippen molar-refractivity contribution in [3.8, 4) is 0 Å². The average Bonchev–Trinajstić information content (AvgIpc) is 1.87. The fraction of sp³-hybridized carbons (Fsp3) is 0.429. The Morgan fingerprint density at radius 2 is 1.89 bits per heavy atom. The van der Waals surface area contributed by atoms with E-state index in [1.165, 1.54) is 0 Å². The van der Waals surface area contributed by atoms with Crippen LogP contribution in [-0.2, 0) is 0 Å². The van der Waals surface area contributed by atoms with Crippen LogP contribution in [0.1, 0.15) is 20.8 Å². The summed E-state index contributed by atoms with van der Waals surface area (Å²) in [6.45, 7) is 9.05. The fourth-order valence-corrected chi connectivity index (χ4v) is 0.401. The van der Waals surface area contributed by atoms with Crippen LogP contribution in [0.5, 0.6) is 0 Å². The zero-order valence-electron chi connectivity index (χ0n) is 6.18. The van der Waals surface area contributed by atoms with Crippen molar-refractivity contribution in [2.75, 3.05) is 0 Å². The Morgan fingerprint density at radius 1 is 1.33 bits per heavy atom. The highest BCUT2D eigenvalue weighted by atomic mass is 14.8. The highest BCUT2D eigenvalue weighted by molar-refractivity contribution is 5.55. The average molecular weight is 124 g/mol. The Kier molecular flexibility index (Phi) is 3.60. The summed E-state index contributed by atoms with van der Waals surface area (Å²) in [6, 6.07) is 0. The van der Waals surface area contributed by atoms with Gasteiger partial charge in [0, 0.05) is 6.21 Å². The zero-order valence-corrected chi connectivity index (χ0v) is 6.18. The number of allylic oxidation sites excluding steroid dienone is 2. The van der Waals surface area contributed by atoms with Crippen molar-refractivity contribution in [1.82, 2.24) is 0 Å². The highest BCUT2D eigenvalue weighted by Gasteiger charge is 1.86. The van der Waals surface area contributed by atoms with Crippen LogP contribution in [0.25, 0.3) is 0 Å². The third-order valence-electron chi connectivity index (χ3n) is 1.08. The lowest BCUT2D eigenvalue weighted by molar-refractivity contribution is 1.17. The Labute approximate surface area is 56.0 Å². The summed E-state index contributed by atoms with van der Waals surface area (Å²) in [5, 5.41) is 0. The van der Waals surface area contributed by atoms with Crippen molar-refractivity contribution >= 4 is 12.9 Å². The summed E-state index contributed by atoms with van der Waals surface area (Å²) in [4.78, 5) is 7.74. The third kappa shape index (κ3) is 2.80. The maximum Gasteiger partial charge on any atom is 0.0579 e. The Hall–Kier alpha value is -0.920. The van der Waals surface area contributed by atoms with Crippen LogP contribution in [0.3, 0.4) is 0 Å². The lowest BCUT2D eigenvalue weighted by Crippen LogP contribution is -1.75. The molecule has 0 fully saturated rings. The Bertz CT molecular complexity index is 154. The molecular formula is C7H12N2. The summed E-state index contributed by atoms with van der Waals surface area (Å²) < 4.78 is 0. The molecule has 0 bridgehead atoms. The molecular weight excluding hydrogens is 112 g/mol. The molecule has 0 aliphatic carbocycles. The minimum Gasteiger partial charge on any atom is -0.267 e. The summed E-state index contributed by atoms with van der Waals surface area (Å²) in [7, 11) is 0. The van der Waals surface area contributed by atoms with E-state index in [1.54, 1.807) is 6.21 Å².